The number of rotatable bonds is 0. The van der Waals surface area contributed by atoms with Crippen LogP contribution in [-0.4, -0.2) is 74.2 Å². The Kier molecular flexibility index (Phi) is 139. The summed E-state index contributed by atoms with van der Waals surface area (Å²) in [5.41, 5.74) is 0. The standard InChI is InChI=1S/2In.O.Sn.Zn.6H. The summed E-state index contributed by atoms with van der Waals surface area (Å²) >= 11 is 0.300. The molecule has 0 atom stereocenters. The van der Waals surface area contributed by atoms with Gasteiger partial charge in [0.2, 0.25) is 0 Å². The van der Waals surface area contributed by atoms with Crippen LogP contribution in [0.3, 0.4) is 0 Å². The Morgan fingerprint density at radius 3 is 1.00 bits per heavy atom. The Hall–Kier alpha value is 2.96. The van der Waals surface area contributed by atoms with Crippen molar-refractivity contribution in [2.75, 3.05) is 0 Å². The zero-order valence-electron chi connectivity index (χ0n) is 1.62. The fraction of sp³-hybridized carbons (Fsp3) is 0. The summed E-state index contributed by atoms with van der Waals surface area (Å²) in [4.78, 5) is 0. The maximum absolute atomic E-state index is 8.34. The second kappa shape index (κ2) is 28.2. The van der Waals surface area contributed by atoms with Gasteiger partial charge in [-0.25, -0.2) is 0 Å². The van der Waals surface area contributed by atoms with E-state index >= 15 is 0 Å². The van der Waals surface area contributed by atoms with Gasteiger partial charge in [-0.2, -0.15) is 0 Å². The minimum atomic E-state index is 0. The first-order valence-corrected chi connectivity index (χ1v) is 1.37. The van der Waals surface area contributed by atoms with Gasteiger partial charge in [0, 0.05) is 19.5 Å². The van der Waals surface area contributed by atoms with Gasteiger partial charge in [0.25, 0.3) is 0 Å². The van der Waals surface area contributed by atoms with E-state index in [2.05, 4.69) is 0 Å². The van der Waals surface area contributed by atoms with Crippen molar-refractivity contribution in [2.24, 2.45) is 0 Å². The first kappa shape index (κ1) is 24.6. The molecule has 5 heavy (non-hydrogen) atoms. The van der Waals surface area contributed by atoms with Crippen LogP contribution in [0.5, 0.6) is 0 Å². The maximum atomic E-state index is 8.34. The zero-order valence-corrected chi connectivity index (χ0v) is 7.44. The van der Waals surface area contributed by atoms with Crippen molar-refractivity contribution in [1.29, 1.82) is 0 Å². The molecular formula is H6In2OSnZn. The molecule has 0 saturated heterocycles. The van der Waals surface area contributed by atoms with E-state index in [0.717, 1.165) is 0 Å². The van der Waals surface area contributed by atoms with Crippen LogP contribution in [0, 0.1) is 0 Å². The van der Waals surface area contributed by atoms with E-state index in [-0.39, 0.29) is 71.2 Å². The maximum Gasteiger partial charge on any atom is 0 e. The van der Waals surface area contributed by atoms with Gasteiger partial charge in [-0.1, -0.05) is 0 Å². The third-order valence-corrected chi connectivity index (χ3v) is 0. The smallest absolute Gasteiger partial charge is 0 e. The van der Waals surface area contributed by atoms with Crippen molar-refractivity contribution in [3.05, 3.63) is 0 Å². The van der Waals surface area contributed by atoms with E-state index in [0.29, 0.717) is 22.5 Å². The number of hydrogen-bond donors (Lipinski definition) is 0. The molecule has 0 saturated carbocycles. The summed E-state index contributed by atoms with van der Waals surface area (Å²) < 4.78 is 8.34. The summed E-state index contributed by atoms with van der Waals surface area (Å²) in [5.74, 6) is 0. The minimum Gasteiger partial charge on any atom is 0 e. The number of hydrogen-bond acceptors (Lipinski definition) is 1. The Balaban J connectivity index is -0.00000000167. The predicted octanol–water partition coefficient (Wildman–Crippen LogP) is -2.87. The van der Waals surface area contributed by atoms with Crippen LogP contribution in [0.2, 0.25) is 0 Å². The molecule has 0 unspecified atom stereocenters. The summed E-state index contributed by atoms with van der Waals surface area (Å²) in [6.45, 7) is 0. The fourth-order valence-corrected chi connectivity index (χ4v) is 0. The average molecular weight is 436 g/mol. The topological polar surface area (TPSA) is 17.1 Å². The molecule has 2 radical (unpaired) electrons. The first-order valence-electron chi connectivity index (χ1n) is 0.204. The molecule has 0 fully saturated rings. The van der Waals surface area contributed by atoms with Crippen LogP contribution < -0.4 is 0 Å². The Morgan fingerprint density at radius 1 is 1.00 bits per heavy atom. The summed E-state index contributed by atoms with van der Waals surface area (Å²) in [7, 11) is 0. The largest absolute Gasteiger partial charge is 0 e. The van der Waals surface area contributed by atoms with Crippen LogP contribution in [0.4, 0.5) is 0 Å². The third kappa shape index (κ3) is 19.5. The van der Waals surface area contributed by atoms with Crippen LogP contribution >= 0.6 is 0 Å². The Bertz CT molecular complexity index is 9.61. The van der Waals surface area contributed by atoms with Crippen LogP contribution in [0.1, 0.15) is 0 Å². The van der Waals surface area contributed by atoms with Gasteiger partial charge in [-0.3, -0.25) is 0 Å². The Labute approximate surface area is 94.8 Å². The first-order chi connectivity index (χ1) is 1.00. The van der Waals surface area contributed by atoms with Crippen molar-refractivity contribution >= 4 is 74.2 Å². The molecule has 0 rings (SSSR count). The van der Waals surface area contributed by atoms with Gasteiger partial charge in [-0.15, -0.1) is 0 Å². The average Bonchev–Trinajstić information content (AvgIpc) is 1.00. The molecule has 0 aromatic heterocycles. The normalized spacial score (nSPS) is 0.800. The van der Waals surface area contributed by atoms with Crippen LogP contribution in [0.25, 0.3) is 0 Å². The molecule has 0 aromatic rings. The van der Waals surface area contributed by atoms with E-state index in [9.17, 15) is 0 Å². The van der Waals surface area contributed by atoms with E-state index in [1.807, 2.05) is 0 Å². The molecule has 0 bridgehead atoms. The van der Waals surface area contributed by atoms with Gasteiger partial charge < -0.3 is 0 Å². The van der Waals surface area contributed by atoms with Crippen LogP contribution in [-0.2, 0) is 22.6 Å². The zero-order chi connectivity index (χ0) is 2.00. The molecule has 1 nitrogen and oxygen atoms in total. The molecule has 0 aliphatic heterocycles. The molecule has 0 aliphatic carbocycles. The van der Waals surface area contributed by atoms with Crippen molar-refractivity contribution in [3.63, 3.8) is 0 Å². The predicted molar refractivity (Wildman–Crippen MR) is 26.3 cm³/mol. The van der Waals surface area contributed by atoms with Gasteiger partial charge >= 0.3 is 77.3 Å². The molecule has 0 spiro atoms. The van der Waals surface area contributed by atoms with Gasteiger partial charge in [-0.05, 0) is 0 Å². The molecule has 5 heteroatoms. The second-order valence-corrected chi connectivity index (χ2v) is 0. The molecule has 24 valence electrons. The Morgan fingerprint density at radius 2 is 1.00 bits per heavy atom. The molecular weight excluding hydrogens is 430 g/mol. The van der Waals surface area contributed by atoms with E-state index in [4.69, 9.17) is 3.08 Å². The monoisotopic (exact) mass is 436 g/mol. The molecule has 0 N–H and O–H groups in total. The molecule has 0 aliphatic rings. The van der Waals surface area contributed by atoms with Crippen molar-refractivity contribution in [1.82, 2.24) is 0 Å². The summed E-state index contributed by atoms with van der Waals surface area (Å²) in [5, 5.41) is 0. The molecule has 0 amide bonds. The minimum absolute atomic E-state index is 0. The summed E-state index contributed by atoms with van der Waals surface area (Å²) in [6.07, 6.45) is 0. The van der Waals surface area contributed by atoms with E-state index in [1.54, 1.807) is 0 Å². The van der Waals surface area contributed by atoms with Gasteiger partial charge in [0.15, 0.2) is 0 Å². The quantitative estimate of drug-likeness (QED) is 0.374. The van der Waals surface area contributed by atoms with Crippen LogP contribution in [0.15, 0.2) is 0 Å². The fourth-order valence-electron chi connectivity index (χ4n) is 0. The second-order valence-electron chi connectivity index (χ2n) is 0. The summed E-state index contributed by atoms with van der Waals surface area (Å²) in [6, 6.07) is 0. The van der Waals surface area contributed by atoms with Gasteiger partial charge in [0.05, 0.1) is 0 Å². The third-order valence-electron chi connectivity index (χ3n) is 0. The molecule has 0 heterocycles. The van der Waals surface area contributed by atoms with Crippen molar-refractivity contribution in [2.45, 2.75) is 0 Å². The van der Waals surface area contributed by atoms with E-state index < -0.39 is 0 Å². The van der Waals surface area contributed by atoms with Crippen molar-refractivity contribution < 1.29 is 22.6 Å². The SMILES string of the molecule is [InH3].[InH3].[O]=[Sn].[Zn]. The molecule has 0 aromatic carbocycles. The van der Waals surface area contributed by atoms with E-state index in [1.165, 1.54) is 0 Å². The van der Waals surface area contributed by atoms with Crippen molar-refractivity contribution in [3.8, 4) is 0 Å². The van der Waals surface area contributed by atoms with Gasteiger partial charge in [0.1, 0.15) is 0 Å².